The predicted molar refractivity (Wildman–Crippen MR) is 120 cm³/mol. The van der Waals surface area contributed by atoms with Gasteiger partial charge in [0.25, 0.3) is 5.91 Å². The number of hydrogen-bond donors (Lipinski definition) is 2. The lowest BCUT2D eigenvalue weighted by atomic mass is 10.1. The second kappa shape index (κ2) is 8.44. The number of anilines is 1. The molecule has 144 valence electrons. The summed E-state index contributed by atoms with van der Waals surface area (Å²) in [6, 6.07) is 22.0. The molecule has 0 saturated carbocycles. The number of aromatic nitrogens is 2. The zero-order chi connectivity index (χ0) is 20.2. The van der Waals surface area contributed by atoms with Crippen LogP contribution in [0.2, 0.25) is 0 Å². The molecular weight excluding hydrogens is 481 g/mol. The summed E-state index contributed by atoms with van der Waals surface area (Å²) in [6.07, 6.45) is 0. The molecule has 4 rings (SSSR count). The van der Waals surface area contributed by atoms with Crippen molar-refractivity contribution in [2.75, 3.05) is 11.9 Å². The lowest BCUT2D eigenvalue weighted by Gasteiger charge is -2.09. The molecule has 1 aromatic heterocycles. The van der Waals surface area contributed by atoms with Crippen LogP contribution in [-0.2, 0) is 9.53 Å². The molecular formula is C22H16IN3O3. The molecule has 0 fully saturated rings. The summed E-state index contributed by atoms with van der Waals surface area (Å²) in [5, 5.41) is 2.70. The minimum atomic E-state index is -0.584. The van der Waals surface area contributed by atoms with Gasteiger partial charge >= 0.3 is 5.97 Å². The van der Waals surface area contributed by atoms with E-state index in [4.69, 9.17) is 4.74 Å². The minimum Gasteiger partial charge on any atom is -0.452 e. The third kappa shape index (κ3) is 4.45. The van der Waals surface area contributed by atoms with Crippen LogP contribution in [0.1, 0.15) is 10.4 Å². The summed E-state index contributed by atoms with van der Waals surface area (Å²) in [7, 11) is 0. The van der Waals surface area contributed by atoms with E-state index in [1.165, 1.54) is 0 Å². The fourth-order valence-electron chi connectivity index (χ4n) is 2.89. The number of carbonyl (C=O) groups excluding carboxylic acids is 2. The Hall–Kier alpha value is -3.20. The van der Waals surface area contributed by atoms with E-state index in [0.717, 1.165) is 14.6 Å². The monoisotopic (exact) mass is 497 g/mol. The van der Waals surface area contributed by atoms with Crippen LogP contribution in [0.15, 0.2) is 72.8 Å². The smallest absolute Gasteiger partial charge is 0.339 e. The first-order valence-electron chi connectivity index (χ1n) is 8.87. The van der Waals surface area contributed by atoms with E-state index in [-0.39, 0.29) is 6.61 Å². The highest BCUT2D eigenvalue weighted by Crippen LogP contribution is 2.24. The van der Waals surface area contributed by atoms with Gasteiger partial charge in [-0.2, -0.15) is 0 Å². The highest BCUT2D eigenvalue weighted by Gasteiger charge is 2.17. The largest absolute Gasteiger partial charge is 0.452 e. The summed E-state index contributed by atoms with van der Waals surface area (Å²) in [5.74, 6) is -0.415. The highest BCUT2D eigenvalue weighted by molar-refractivity contribution is 14.1. The van der Waals surface area contributed by atoms with Crippen molar-refractivity contribution in [1.29, 1.82) is 0 Å². The standard InChI is InChI=1S/C22H16IN3O3/c23-14-9-11-15(12-10-14)24-20(27)13-29-22(28)17-6-2-1-5-16(17)21-25-18-7-3-4-8-19(18)26-21/h1-12H,13H2,(H,24,27)(H,25,26). The molecule has 0 aliphatic carbocycles. The van der Waals surface area contributed by atoms with E-state index in [1.807, 2.05) is 42.5 Å². The third-order valence-corrected chi connectivity index (χ3v) is 4.97. The van der Waals surface area contributed by atoms with E-state index in [9.17, 15) is 9.59 Å². The van der Waals surface area contributed by atoms with Gasteiger partial charge in [0.05, 0.1) is 16.6 Å². The first-order chi connectivity index (χ1) is 14.1. The number of esters is 1. The van der Waals surface area contributed by atoms with Crippen molar-refractivity contribution in [3.8, 4) is 11.4 Å². The molecule has 1 amide bonds. The van der Waals surface area contributed by atoms with E-state index in [2.05, 4.69) is 37.9 Å². The Morgan fingerprint density at radius 1 is 0.966 bits per heavy atom. The van der Waals surface area contributed by atoms with Crippen molar-refractivity contribution >= 4 is 51.2 Å². The topological polar surface area (TPSA) is 84.1 Å². The number of aromatic amines is 1. The van der Waals surface area contributed by atoms with Crippen LogP contribution in [0, 0.1) is 3.57 Å². The Labute approximate surface area is 180 Å². The Kier molecular flexibility index (Phi) is 5.57. The van der Waals surface area contributed by atoms with Gasteiger partial charge in [0.1, 0.15) is 5.82 Å². The fraction of sp³-hybridized carbons (Fsp3) is 0.0455. The van der Waals surface area contributed by atoms with Gasteiger partial charge in [-0.15, -0.1) is 0 Å². The second-order valence-electron chi connectivity index (χ2n) is 6.28. The van der Waals surface area contributed by atoms with Crippen LogP contribution in [0.3, 0.4) is 0 Å². The van der Waals surface area contributed by atoms with E-state index < -0.39 is 11.9 Å². The number of carbonyl (C=O) groups is 2. The van der Waals surface area contributed by atoms with Gasteiger partial charge in [-0.25, -0.2) is 9.78 Å². The summed E-state index contributed by atoms with van der Waals surface area (Å²) in [5.41, 5.74) is 3.29. The Balaban J connectivity index is 1.47. The molecule has 0 saturated heterocycles. The maximum absolute atomic E-state index is 12.6. The van der Waals surface area contributed by atoms with Crippen molar-refractivity contribution in [2.24, 2.45) is 0 Å². The molecule has 6 nitrogen and oxygen atoms in total. The maximum atomic E-state index is 12.6. The Bertz CT molecular complexity index is 1150. The molecule has 29 heavy (non-hydrogen) atoms. The second-order valence-corrected chi connectivity index (χ2v) is 7.52. The molecule has 0 aliphatic rings. The van der Waals surface area contributed by atoms with Crippen LogP contribution in [0.5, 0.6) is 0 Å². The molecule has 0 radical (unpaired) electrons. The molecule has 2 N–H and O–H groups in total. The molecule has 3 aromatic carbocycles. The number of nitrogens with one attached hydrogen (secondary N) is 2. The number of hydrogen-bond acceptors (Lipinski definition) is 4. The van der Waals surface area contributed by atoms with E-state index in [0.29, 0.717) is 22.6 Å². The number of imidazole rings is 1. The third-order valence-electron chi connectivity index (χ3n) is 4.25. The van der Waals surface area contributed by atoms with Gasteiger partial charge < -0.3 is 15.0 Å². The molecule has 0 spiro atoms. The minimum absolute atomic E-state index is 0.341. The van der Waals surface area contributed by atoms with Crippen LogP contribution < -0.4 is 5.32 Å². The number of nitrogens with zero attached hydrogens (tertiary/aromatic N) is 1. The van der Waals surface area contributed by atoms with Crippen molar-refractivity contribution in [1.82, 2.24) is 9.97 Å². The summed E-state index contributed by atoms with van der Waals surface area (Å²) < 4.78 is 6.29. The zero-order valence-electron chi connectivity index (χ0n) is 15.2. The lowest BCUT2D eigenvalue weighted by Crippen LogP contribution is -2.21. The average Bonchev–Trinajstić information content (AvgIpc) is 3.18. The predicted octanol–water partition coefficient (Wildman–Crippen LogP) is 4.63. The first-order valence-corrected chi connectivity index (χ1v) is 9.95. The molecule has 0 aliphatic heterocycles. The molecule has 4 aromatic rings. The SMILES string of the molecule is O=C(COC(=O)c1ccccc1-c1nc2ccccc2[nH]1)Nc1ccc(I)cc1. The number of rotatable bonds is 5. The van der Waals surface area contributed by atoms with Crippen molar-refractivity contribution in [2.45, 2.75) is 0 Å². The van der Waals surface area contributed by atoms with Crippen molar-refractivity contribution in [3.63, 3.8) is 0 Å². The highest BCUT2D eigenvalue weighted by atomic mass is 127. The molecule has 1 heterocycles. The Morgan fingerprint density at radius 2 is 1.69 bits per heavy atom. The molecule has 0 unspecified atom stereocenters. The number of H-pyrrole nitrogens is 1. The quantitative estimate of drug-likeness (QED) is 0.311. The van der Waals surface area contributed by atoms with Gasteiger partial charge in [0, 0.05) is 14.8 Å². The number of benzene rings is 3. The number of fused-ring (bicyclic) bond motifs is 1. The van der Waals surface area contributed by atoms with Crippen LogP contribution in [0.25, 0.3) is 22.4 Å². The van der Waals surface area contributed by atoms with Gasteiger partial charge in [0.2, 0.25) is 0 Å². The lowest BCUT2D eigenvalue weighted by molar-refractivity contribution is -0.119. The van der Waals surface area contributed by atoms with Gasteiger partial charge in [-0.3, -0.25) is 4.79 Å². The van der Waals surface area contributed by atoms with Crippen LogP contribution in [-0.4, -0.2) is 28.5 Å². The van der Waals surface area contributed by atoms with Crippen molar-refractivity contribution in [3.05, 3.63) is 81.9 Å². The molecule has 0 atom stereocenters. The first kappa shape index (κ1) is 19.1. The number of halogens is 1. The van der Waals surface area contributed by atoms with Crippen molar-refractivity contribution < 1.29 is 14.3 Å². The van der Waals surface area contributed by atoms with E-state index in [1.54, 1.807) is 30.3 Å². The number of amides is 1. The van der Waals surface area contributed by atoms with Gasteiger partial charge in [0.15, 0.2) is 6.61 Å². The normalized spacial score (nSPS) is 10.7. The van der Waals surface area contributed by atoms with Crippen LogP contribution in [0.4, 0.5) is 5.69 Å². The fourth-order valence-corrected chi connectivity index (χ4v) is 3.25. The number of ether oxygens (including phenoxy) is 1. The van der Waals surface area contributed by atoms with Gasteiger partial charge in [-0.05, 0) is 65.1 Å². The Morgan fingerprint density at radius 3 is 2.48 bits per heavy atom. The zero-order valence-corrected chi connectivity index (χ0v) is 17.3. The summed E-state index contributed by atoms with van der Waals surface area (Å²) in [6.45, 7) is -0.376. The maximum Gasteiger partial charge on any atom is 0.339 e. The number of para-hydroxylation sites is 2. The van der Waals surface area contributed by atoms with Crippen LogP contribution >= 0.6 is 22.6 Å². The van der Waals surface area contributed by atoms with E-state index >= 15 is 0 Å². The van der Waals surface area contributed by atoms with Gasteiger partial charge in [-0.1, -0.05) is 30.3 Å². The molecule has 7 heteroatoms. The average molecular weight is 497 g/mol. The molecule has 0 bridgehead atoms. The summed E-state index contributed by atoms with van der Waals surface area (Å²) >= 11 is 2.18. The summed E-state index contributed by atoms with van der Waals surface area (Å²) in [4.78, 5) is 32.5.